The maximum Gasteiger partial charge on any atom is 0.418 e. The lowest BCUT2D eigenvalue weighted by molar-refractivity contribution is -0.137. The van der Waals surface area contributed by atoms with Crippen LogP contribution in [0.25, 0.3) is 0 Å². The minimum Gasteiger partial charge on any atom is -0.325 e. The number of carbonyl (C=O) groups is 2. The Morgan fingerprint density at radius 3 is 2.44 bits per heavy atom. The van der Waals surface area contributed by atoms with Crippen LogP contribution in [0.2, 0.25) is 0 Å². The fraction of sp³-hybridized carbons (Fsp3) is 0.222. The Balaban J connectivity index is 1.76. The molecule has 0 radical (unpaired) electrons. The first kappa shape index (κ1) is 19.3. The van der Waals surface area contributed by atoms with Gasteiger partial charge in [-0.2, -0.15) is 13.2 Å². The summed E-state index contributed by atoms with van der Waals surface area (Å²) in [6, 6.07) is 8.60. The third-order valence-corrected chi connectivity index (χ3v) is 4.67. The van der Waals surface area contributed by atoms with Gasteiger partial charge in [-0.1, -0.05) is 15.9 Å². The van der Waals surface area contributed by atoms with Gasteiger partial charge in [0, 0.05) is 23.1 Å². The predicted molar refractivity (Wildman–Crippen MR) is 94.6 cm³/mol. The van der Waals surface area contributed by atoms with Crippen LogP contribution in [0.4, 0.5) is 28.9 Å². The summed E-state index contributed by atoms with van der Waals surface area (Å²) < 4.78 is 52.8. The zero-order valence-electron chi connectivity index (χ0n) is 13.7. The summed E-state index contributed by atoms with van der Waals surface area (Å²) in [4.78, 5) is 25.9. The fourth-order valence-electron chi connectivity index (χ4n) is 2.85. The summed E-state index contributed by atoms with van der Waals surface area (Å²) in [7, 11) is 0. The molecule has 4 nitrogen and oxygen atoms in total. The van der Waals surface area contributed by atoms with Crippen molar-refractivity contribution < 1.29 is 27.2 Å². The zero-order chi connectivity index (χ0) is 19.8. The first-order valence-electron chi connectivity index (χ1n) is 7.88. The molecule has 1 aliphatic rings. The molecule has 27 heavy (non-hydrogen) atoms. The van der Waals surface area contributed by atoms with Crippen molar-refractivity contribution in [3.63, 3.8) is 0 Å². The van der Waals surface area contributed by atoms with E-state index in [-0.39, 0.29) is 29.0 Å². The first-order valence-corrected chi connectivity index (χ1v) is 8.68. The van der Waals surface area contributed by atoms with Crippen LogP contribution >= 0.6 is 15.9 Å². The molecule has 1 aliphatic heterocycles. The standard InChI is InChI=1S/C18H13BrF4N2O2/c19-11-1-6-15(14(8-11)18(21,22)23)24-17(27)10-7-16(26)25(9-10)13-4-2-12(20)3-5-13/h1-6,8,10H,7,9H2,(H,24,27)/t10-/m0/s1. The highest BCUT2D eigenvalue weighted by molar-refractivity contribution is 9.10. The lowest BCUT2D eigenvalue weighted by atomic mass is 10.1. The van der Waals surface area contributed by atoms with Crippen LogP contribution in [0.5, 0.6) is 0 Å². The quantitative estimate of drug-likeness (QED) is 0.703. The van der Waals surface area contributed by atoms with E-state index in [9.17, 15) is 27.2 Å². The zero-order valence-corrected chi connectivity index (χ0v) is 15.3. The van der Waals surface area contributed by atoms with Gasteiger partial charge in [-0.05, 0) is 42.5 Å². The van der Waals surface area contributed by atoms with Crippen LogP contribution in [0.15, 0.2) is 46.9 Å². The first-order chi connectivity index (χ1) is 12.6. The molecule has 1 saturated heterocycles. The topological polar surface area (TPSA) is 49.4 Å². The van der Waals surface area contributed by atoms with Crippen molar-refractivity contribution in [2.45, 2.75) is 12.6 Å². The molecule has 2 aromatic carbocycles. The van der Waals surface area contributed by atoms with Crippen molar-refractivity contribution in [3.05, 3.63) is 58.3 Å². The van der Waals surface area contributed by atoms with Crippen LogP contribution < -0.4 is 10.2 Å². The molecule has 0 bridgehead atoms. The molecule has 0 unspecified atom stereocenters. The number of halogens is 5. The lowest BCUT2D eigenvalue weighted by Crippen LogP contribution is -2.28. The van der Waals surface area contributed by atoms with Gasteiger partial charge in [-0.15, -0.1) is 0 Å². The minimum atomic E-state index is -4.64. The van der Waals surface area contributed by atoms with E-state index in [1.54, 1.807) is 0 Å². The van der Waals surface area contributed by atoms with Crippen molar-refractivity contribution in [1.82, 2.24) is 0 Å². The molecular weight excluding hydrogens is 432 g/mol. The molecule has 2 aromatic rings. The van der Waals surface area contributed by atoms with Gasteiger partial charge < -0.3 is 10.2 Å². The van der Waals surface area contributed by atoms with Crippen LogP contribution in [0.3, 0.4) is 0 Å². The Bertz CT molecular complexity index is 884. The number of nitrogens with zero attached hydrogens (tertiary/aromatic N) is 1. The van der Waals surface area contributed by atoms with Gasteiger partial charge in [0.05, 0.1) is 17.2 Å². The predicted octanol–water partition coefficient (Wildman–Crippen LogP) is 4.60. The molecule has 0 saturated carbocycles. The van der Waals surface area contributed by atoms with Gasteiger partial charge in [0.1, 0.15) is 5.82 Å². The van der Waals surface area contributed by atoms with E-state index >= 15 is 0 Å². The molecule has 0 aliphatic carbocycles. The third-order valence-electron chi connectivity index (χ3n) is 4.18. The number of benzene rings is 2. The lowest BCUT2D eigenvalue weighted by Gasteiger charge is -2.18. The largest absolute Gasteiger partial charge is 0.418 e. The Morgan fingerprint density at radius 1 is 1.15 bits per heavy atom. The van der Waals surface area contributed by atoms with E-state index < -0.39 is 29.4 Å². The molecule has 0 aromatic heterocycles. The van der Waals surface area contributed by atoms with Crippen molar-refractivity contribution >= 4 is 39.1 Å². The third kappa shape index (κ3) is 4.29. The van der Waals surface area contributed by atoms with Crippen LogP contribution in [0.1, 0.15) is 12.0 Å². The molecule has 2 amide bonds. The number of alkyl halides is 3. The molecule has 1 fully saturated rings. The van der Waals surface area contributed by atoms with Gasteiger partial charge in [0.15, 0.2) is 0 Å². The smallest absolute Gasteiger partial charge is 0.325 e. The molecule has 142 valence electrons. The van der Waals surface area contributed by atoms with E-state index in [2.05, 4.69) is 21.2 Å². The molecule has 3 rings (SSSR count). The number of rotatable bonds is 3. The summed E-state index contributed by atoms with van der Waals surface area (Å²) >= 11 is 2.98. The van der Waals surface area contributed by atoms with Gasteiger partial charge in [-0.25, -0.2) is 4.39 Å². The Morgan fingerprint density at radius 2 is 1.81 bits per heavy atom. The van der Waals surface area contributed by atoms with Crippen molar-refractivity contribution in [3.8, 4) is 0 Å². The minimum absolute atomic E-state index is 0.00811. The summed E-state index contributed by atoms with van der Waals surface area (Å²) in [5.74, 6) is -2.31. The highest BCUT2D eigenvalue weighted by atomic mass is 79.9. The number of nitrogens with one attached hydrogen (secondary N) is 1. The Kier molecular flexibility index (Phi) is 5.23. The molecule has 1 heterocycles. The number of carbonyl (C=O) groups excluding carboxylic acids is 2. The van der Waals surface area contributed by atoms with Gasteiger partial charge >= 0.3 is 6.18 Å². The average molecular weight is 445 g/mol. The second kappa shape index (κ2) is 7.30. The summed E-state index contributed by atoms with van der Waals surface area (Å²) in [5, 5.41) is 2.27. The van der Waals surface area contributed by atoms with E-state index in [1.165, 1.54) is 35.2 Å². The van der Waals surface area contributed by atoms with Crippen LogP contribution in [-0.2, 0) is 15.8 Å². The highest BCUT2D eigenvalue weighted by Crippen LogP contribution is 2.37. The van der Waals surface area contributed by atoms with Crippen LogP contribution in [-0.4, -0.2) is 18.4 Å². The number of anilines is 2. The second-order valence-electron chi connectivity index (χ2n) is 6.06. The van der Waals surface area contributed by atoms with E-state index in [1.807, 2.05) is 0 Å². The Hall–Kier alpha value is -2.42. The second-order valence-corrected chi connectivity index (χ2v) is 6.97. The number of hydrogen-bond donors (Lipinski definition) is 1. The van der Waals surface area contributed by atoms with E-state index in [0.29, 0.717) is 5.69 Å². The Labute approximate surface area is 160 Å². The van der Waals surface area contributed by atoms with Gasteiger partial charge in [0.25, 0.3) is 0 Å². The fourth-order valence-corrected chi connectivity index (χ4v) is 3.21. The van der Waals surface area contributed by atoms with Crippen molar-refractivity contribution in [2.24, 2.45) is 5.92 Å². The van der Waals surface area contributed by atoms with Crippen LogP contribution in [0, 0.1) is 11.7 Å². The number of amides is 2. The number of hydrogen-bond acceptors (Lipinski definition) is 2. The van der Waals surface area contributed by atoms with E-state index in [0.717, 1.165) is 12.1 Å². The maximum absolute atomic E-state index is 13.2. The average Bonchev–Trinajstić information content (AvgIpc) is 2.98. The molecule has 9 heteroatoms. The molecule has 1 N–H and O–H groups in total. The molecule has 1 atom stereocenters. The van der Waals surface area contributed by atoms with Crippen molar-refractivity contribution in [2.75, 3.05) is 16.8 Å². The highest BCUT2D eigenvalue weighted by Gasteiger charge is 2.38. The summed E-state index contributed by atoms with van der Waals surface area (Å²) in [6.07, 6.45) is -4.78. The van der Waals surface area contributed by atoms with Gasteiger partial charge in [0.2, 0.25) is 11.8 Å². The van der Waals surface area contributed by atoms with Gasteiger partial charge in [-0.3, -0.25) is 9.59 Å². The monoisotopic (exact) mass is 444 g/mol. The van der Waals surface area contributed by atoms with Crippen molar-refractivity contribution in [1.29, 1.82) is 0 Å². The summed E-state index contributed by atoms with van der Waals surface area (Å²) in [6.45, 7) is 0.00811. The normalized spacial score (nSPS) is 17.3. The summed E-state index contributed by atoms with van der Waals surface area (Å²) in [5.41, 5.74) is -0.926. The maximum atomic E-state index is 13.2. The molecule has 0 spiro atoms. The van der Waals surface area contributed by atoms with E-state index in [4.69, 9.17) is 0 Å². The molecular formula is C18H13BrF4N2O2. The SMILES string of the molecule is O=C(Nc1ccc(Br)cc1C(F)(F)F)[C@H]1CC(=O)N(c2ccc(F)cc2)C1.